The van der Waals surface area contributed by atoms with Gasteiger partial charge in [0.05, 0.1) is 10.5 Å². The molecule has 2 fully saturated rings. The van der Waals surface area contributed by atoms with Gasteiger partial charge in [0, 0.05) is 25.1 Å². The van der Waals surface area contributed by atoms with Gasteiger partial charge in [0.25, 0.3) is 5.56 Å². The van der Waals surface area contributed by atoms with E-state index in [2.05, 4.69) is 5.10 Å². The predicted octanol–water partition coefficient (Wildman–Crippen LogP) is 2.13. The van der Waals surface area contributed by atoms with Crippen LogP contribution >= 0.6 is 11.3 Å². The zero-order chi connectivity index (χ0) is 18.1. The number of likely N-dealkylation sites (tertiary alicyclic amines) is 1. The Morgan fingerprint density at radius 1 is 1.31 bits per heavy atom. The highest BCUT2D eigenvalue weighted by atomic mass is 32.1. The molecular formula is C19H23N3O3S. The van der Waals surface area contributed by atoms with Crippen molar-refractivity contribution < 1.29 is 9.90 Å². The van der Waals surface area contributed by atoms with E-state index in [0.29, 0.717) is 25.2 Å². The van der Waals surface area contributed by atoms with Gasteiger partial charge in [-0.1, -0.05) is 18.9 Å². The lowest BCUT2D eigenvalue weighted by Crippen LogP contribution is -2.55. The summed E-state index contributed by atoms with van der Waals surface area (Å²) in [6, 6.07) is 7.03. The van der Waals surface area contributed by atoms with Crippen molar-refractivity contribution in [3.63, 3.8) is 0 Å². The molecule has 1 aliphatic heterocycles. The lowest BCUT2D eigenvalue weighted by molar-refractivity contribution is -0.144. The number of fused-ring (bicyclic) bond motifs is 1. The molecule has 0 radical (unpaired) electrons. The van der Waals surface area contributed by atoms with Gasteiger partial charge in [-0.15, -0.1) is 11.3 Å². The fourth-order valence-electron chi connectivity index (χ4n) is 4.14. The van der Waals surface area contributed by atoms with E-state index in [9.17, 15) is 14.7 Å². The Hall–Kier alpha value is -1.99. The number of thiophene rings is 1. The lowest BCUT2D eigenvalue weighted by Gasteiger charge is -2.47. The fourth-order valence-corrected chi connectivity index (χ4v) is 4.83. The van der Waals surface area contributed by atoms with E-state index in [1.54, 1.807) is 22.3 Å². The van der Waals surface area contributed by atoms with Crippen molar-refractivity contribution in [2.24, 2.45) is 5.92 Å². The molecule has 1 saturated heterocycles. The van der Waals surface area contributed by atoms with Crippen molar-refractivity contribution in [2.75, 3.05) is 13.1 Å². The van der Waals surface area contributed by atoms with E-state index in [-0.39, 0.29) is 23.9 Å². The van der Waals surface area contributed by atoms with Gasteiger partial charge in [-0.2, -0.15) is 5.10 Å². The van der Waals surface area contributed by atoms with Crippen LogP contribution in [-0.2, 0) is 11.3 Å². The van der Waals surface area contributed by atoms with Crippen molar-refractivity contribution in [3.8, 4) is 10.6 Å². The fraction of sp³-hybridized carbons (Fsp3) is 0.526. The normalized spacial score (nSPS) is 25.7. The van der Waals surface area contributed by atoms with Crippen LogP contribution < -0.4 is 5.56 Å². The number of hydrogen-bond acceptors (Lipinski definition) is 5. The smallest absolute Gasteiger partial charge is 0.267 e. The highest BCUT2D eigenvalue weighted by Crippen LogP contribution is 2.39. The van der Waals surface area contributed by atoms with Crippen LogP contribution in [0.2, 0.25) is 0 Å². The van der Waals surface area contributed by atoms with E-state index in [1.807, 2.05) is 17.5 Å². The number of amides is 1. The largest absolute Gasteiger partial charge is 0.389 e. The molecule has 1 N–H and O–H groups in total. The molecule has 0 bridgehead atoms. The number of rotatable bonds is 3. The van der Waals surface area contributed by atoms with Gasteiger partial charge >= 0.3 is 0 Å². The average molecular weight is 373 g/mol. The maximum atomic E-state index is 12.7. The Morgan fingerprint density at radius 3 is 3.00 bits per heavy atom. The van der Waals surface area contributed by atoms with Crippen LogP contribution in [0.5, 0.6) is 0 Å². The molecule has 2 aliphatic rings. The van der Waals surface area contributed by atoms with Crippen molar-refractivity contribution in [2.45, 2.75) is 44.2 Å². The molecule has 7 heteroatoms. The van der Waals surface area contributed by atoms with Crippen LogP contribution in [0.3, 0.4) is 0 Å². The summed E-state index contributed by atoms with van der Waals surface area (Å²) in [4.78, 5) is 27.6. The zero-order valence-electron chi connectivity index (χ0n) is 14.6. The molecule has 1 aliphatic carbocycles. The number of hydrogen-bond donors (Lipinski definition) is 1. The molecule has 3 heterocycles. The third-order valence-electron chi connectivity index (χ3n) is 5.71. The molecule has 2 aromatic rings. The summed E-state index contributed by atoms with van der Waals surface area (Å²) in [5.41, 5.74) is -0.180. The van der Waals surface area contributed by atoms with Gasteiger partial charge in [-0.05, 0) is 36.8 Å². The van der Waals surface area contributed by atoms with E-state index in [4.69, 9.17) is 0 Å². The Bertz CT molecular complexity index is 848. The van der Waals surface area contributed by atoms with Crippen LogP contribution in [0.25, 0.3) is 10.6 Å². The quantitative estimate of drug-likeness (QED) is 0.894. The van der Waals surface area contributed by atoms with Crippen molar-refractivity contribution in [1.29, 1.82) is 0 Å². The van der Waals surface area contributed by atoms with Gasteiger partial charge in [0.15, 0.2) is 0 Å². The van der Waals surface area contributed by atoms with E-state index >= 15 is 0 Å². The standard InChI is InChI=1S/C19H23N3O3S/c23-17-7-6-15(16-5-3-11-26-16)20-22(17)13-18(24)21-10-9-19(25)8-2-1-4-14(19)12-21/h3,5-7,11,14,25H,1-2,4,8-10,12-13H2. The first-order valence-electron chi connectivity index (χ1n) is 9.17. The second-order valence-corrected chi connectivity index (χ2v) is 8.28. The Kier molecular flexibility index (Phi) is 4.67. The summed E-state index contributed by atoms with van der Waals surface area (Å²) in [7, 11) is 0. The number of carbonyl (C=O) groups is 1. The molecule has 138 valence electrons. The van der Waals surface area contributed by atoms with E-state index in [1.165, 1.54) is 10.7 Å². The highest BCUT2D eigenvalue weighted by Gasteiger charge is 2.43. The summed E-state index contributed by atoms with van der Waals surface area (Å²) in [6.45, 7) is 1.07. The van der Waals surface area contributed by atoms with Gasteiger partial charge in [0.1, 0.15) is 12.2 Å². The predicted molar refractivity (Wildman–Crippen MR) is 99.9 cm³/mol. The molecule has 1 saturated carbocycles. The minimum atomic E-state index is -0.608. The first-order chi connectivity index (χ1) is 12.5. The van der Waals surface area contributed by atoms with E-state index in [0.717, 1.165) is 30.6 Å². The van der Waals surface area contributed by atoms with Crippen LogP contribution in [0.4, 0.5) is 0 Å². The molecule has 0 aromatic carbocycles. The van der Waals surface area contributed by atoms with Crippen LogP contribution in [0, 0.1) is 5.92 Å². The number of piperidine rings is 1. The molecule has 0 spiro atoms. The first kappa shape index (κ1) is 17.4. The Morgan fingerprint density at radius 2 is 2.19 bits per heavy atom. The van der Waals surface area contributed by atoms with Crippen LogP contribution in [-0.4, -0.2) is 44.4 Å². The topological polar surface area (TPSA) is 75.4 Å². The highest BCUT2D eigenvalue weighted by molar-refractivity contribution is 7.13. The number of nitrogens with zero attached hydrogens (tertiary/aromatic N) is 3. The van der Waals surface area contributed by atoms with Crippen LogP contribution in [0.1, 0.15) is 32.1 Å². The Balaban J connectivity index is 1.48. The van der Waals surface area contributed by atoms with Gasteiger partial charge in [-0.25, -0.2) is 4.68 Å². The SMILES string of the molecule is O=C(Cn1nc(-c2cccs2)ccc1=O)N1CCC2(O)CCCCC2C1. The van der Waals surface area contributed by atoms with E-state index < -0.39 is 5.60 Å². The molecule has 4 rings (SSSR count). The molecule has 2 unspecified atom stereocenters. The minimum Gasteiger partial charge on any atom is -0.389 e. The molecule has 2 atom stereocenters. The molecule has 26 heavy (non-hydrogen) atoms. The summed E-state index contributed by atoms with van der Waals surface area (Å²) in [6.07, 6.45) is 4.60. The van der Waals surface area contributed by atoms with Crippen molar-refractivity contribution >= 4 is 17.2 Å². The zero-order valence-corrected chi connectivity index (χ0v) is 15.5. The Labute approximate surface area is 156 Å². The monoisotopic (exact) mass is 373 g/mol. The lowest BCUT2D eigenvalue weighted by atomic mass is 9.71. The minimum absolute atomic E-state index is 0.0524. The second kappa shape index (κ2) is 6.96. The second-order valence-electron chi connectivity index (χ2n) is 7.33. The number of aliphatic hydroxyl groups is 1. The first-order valence-corrected chi connectivity index (χ1v) is 10.1. The summed E-state index contributed by atoms with van der Waals surface area (Å²) >= 11 is 1.55. The number of aromatic nitrogens is 2. The number of carbonyl (C=O) groups excluding carboxylic acids is 1. The summed E-state index contributed by atoms with van der Waals surface area (Å²) in [5, 5.41) is 17.1. The third-order valence-corrected chi connectivity index (χ3v) is 6.60. The molecule has 2 aromatic heterocycles. The maximum Gasteiger partial charge on any atom is 0.267 e. The third kappa shape index (κ3) is 3.33. The van der Waals surface area contributed by atoms with Gasteiger partial charge in [-0.3, -0.25) is 9.59 Å². The average Bonchev–Trinajstić information content (AvgIpc) is 3.17. The van der Waals surface area contributed by atoms with Gasteiger partial charge < -0.3 is 10.0 Å². The van der Waals surface area contributed by atoms with Crippen molar-refractivity contribution in [1.82, 2.24) is 14.7 Å². The molecular weight excluding hydrogens is 350 g/mol. The summed E-state index contributed by atoms with van der Waals surface area (Å²) < 4.78 is 1.25. The van der Waals surface area contributed by atoms with Crippen molar-refractivity contribution in [3.05, 3.63) is 40.0 Å². The molecule has 6 nitrogen and oxygen atoms in total. The van der Waals surface area contributed by atoms with Gasteiger partial charge in [0.2, 0.25) is 5.91 Å². The summed E-state index contributed by atoms with van der Waals surface area (Å²) in [5.74, 6) is 0.0478. The maximum absolute atomic E-state index is 12.7. The molecule has 1 amide bonds. The van der Waals surface area contributed by atoms with Crippen LogP contribution in [0.15, 0.2) is 34.4 Å².